The molecule has 1 N–H and O–H groups in total. The van der Waals surface area contributed by atoms with Gasteiger partial charge in [0.2, 0.25) is 0 Å². The second kappa shape index (κ2) is 11.4. The molecule has 0 bridgehead atoms. The first-order chi connectivity index (χ1) is 19.6. The van der Waals surface area contributed by atoms with Crippen LogP contribution in [0.4, 0.5) is 5.69 Å². The van der Waals surface area contributed by atoms with Crippen LogP contribution in [0.2, 0.25) is 0 Å². The van der Waals surface area contributed by atoms with Crippen molar-refractivity contribution in [1.29, 1.82) is 0 Å². The van der Waals surface area contributed by atoms with Crippen molar-refractivity contribution in [2.75, 3.05) is 25.1 Å². The van der Waals surface area contributed by atoms with E-state index in [0.717, 1.165) is 41.7 Å². The highest BCUT2D eigenvalue weighted by Gasteiger charge is 2.30. The van der Waals surface area contributed by atoms with Crippen molar-refractivity contribution in [3.05, 3.63) is 95.2 Å². The number of amides is 1. The molecule has 0 aliphatic carbocycles. The van der Waals surface area contributed by atoms with Crippen LogP contribution in [-0.4, -0.2) is 47.6 Å². The van der Waals surface area contributed by atoms with Crippen molar-refractivity contribution >= 4 is 28.5 Å². The van der Waals surface area contributed by atoms with Crippen LogP contribution in [-0.2, 0) is 29.0 Å². The van der Waals surface area contributed by atoms with Gasteiger partial charge in [-0.3, -0.25) is 14.7 Å². The fourth-order valence-electron chi connectivity index (χ4n) is 5.31. The standard InChI is InChI=1S/C32H31N3O5/c1-2-27(31(36)33-22-12-13-28-29(18-22)39-17-16-38-28)40-32(37)30-23-10-6-7-11-25(23)34-26-14-15-35(20-24(26)30)19-21-8-4-3-5-9-21/h3-13,18,27H,2,14-17,19-20H2,1H3,(H,33,36). The third-order valence-corrected chi connectivity index (χ3v) is 7.30. The number of hydrogen-bond donors (Lipinski definition) is 1. The van der Waals surface area contributed by atoms with Crippen LogP contribution in [0.25, 0.3) is 10.9 Å². The molecule has 4 aromatic rings. The minimum Gasteiger partial charge on any atom is -0.486 e. The average Bonchev–Trinajstić information content (AvgIpc) is 2.99. The van der Waals surface area contributed by atoms with Crippen molar-refractivity contribution in [1.82, 2.24) is 9.88 Å². The lowest BCUT2D eigenvalue weighted by Crippen LogP contribution is -2.35. The molecule has 204 valence electrons. The second-order valence-corrected chi connectivity index (χ2v) is 10.0. The summed E-state index contributed by atoms with van der Waals surface area (Å²) in [7, 11) is 0. The molecule has 1 aromatic heterocycles. The molecule has 1 atom stereocenters. The maximum absolute atomic E-state index is 13.8. The number of benzene rings is 3. The van der Waals surface area contributed by atoms with Crippen LogP contribution in [0.1, 0.15) is 40.5 Å². The summed E-state index contributed by atoms with van der Waals surface area (Å²) >= 11 is 0. The highest BCUT2D eigenvalue weighted by atomic mass is 16.6. The molecule has 8 nitrogen and oxygen atoms in total. The topological polar surface area (TPSA) is 90.0 Å². The largest absolute Gasteiger partial charge is 0.486 e. The van der Waals surface area contributed by atoms with Crippen molar-refractivity contribution in [2.24, 2.45) is 0 Å². The number of nitrogens with one attached hydrogen (secondary N) is 1. The Morgan fingerprint density at radius 1 is 1.00 bits per heavy atom. The molecule has 0 saturated heterocycles. The normalized spacial score (nSPS) is 15.2. The van der Waals surface area contributed by atoms with Gasteiger partial charge in [0.15, 0.2) is 17.6 Å². The number of aromatic nitrogens is 1. The van der Waals surface area contributed by atoms with Crippen LogP contribution < -0.4 is 14.8 Å². The number of anilines is 1. The van der Waals surface area contributed by atoms with E-state index in [1.165, 1.54) is 5.56 Å². The number of para-hydroxylation sites is 1. The smallest absolute Gasteiger partial charge is 0.340 e. The molecule has 8 heteroatoms. The number of rotatable bonds is 7. The van der Waals surface area contributed by atoms with E-state index in [0.29, 0.717) is 48.9 Å². The number of carbonyl (C=O) groups is 2. The van der Waals surface area contributed by atoms with Gasteiger partial charge in [-0.05, 0) is 30.2 Å². The number of carbonyl (C=O) groups excluding carboxylic acids is 2. The Kier molecular flexibility index (Phi) is 7.33. The summed E-state index contributed by atoms with van der Waals surface area (Å²) in [5, 5.41) is 3.59. The van der Waals surface area contributed by atoms with Crippen molar-refractivity contribution in [3.8, 4) is 11.5 Å². The molecule has 3 heterocycles. The zero-order valence-electron chi connectivity index (χ0n) is 22.4. The monoisotopic (exact) mass is 537 g/mol. The Hall–Kier alpha value is -4.43. The molecule has 0 radical (unpaired) electrons. The summed E-state index contributed by atoms with van der Waals surface area (Å²) in [5.41, 5.74) is 4.77. The van der Waals surface area contributed by atoms with E-state index >= 15 is 0 Å². The number of ether oxygens (including phenoxy) is 3. The van der Waals surface area contributed by atoms with E-state index in [-0.39, 0.29) is 0 Å². The Labute approximate surface area is 232 Å². The van der Waals surface area contributed by atoms with Crippen molar-refractivity contribution < 1.29 is 23.8 Å². The summed E-state index contributed by atoms with van der Waals surface area (Å²) in [6, 6.07) is 23.1. The van der Waals surface area contributed by atoms with Crippen LogP contribution in [0.5, 0.6) is 11.5 Å². The molecule has 6 rings (SSSR count). The second-order valence-electron chi connectivity index (χ2n) is 10.0. The van der Waals surface area contributed by atoms with Gasteiger partial charge in [0.1, 0.15) is 13.2 Å². The number of pyridine rings is 1. The number of esters is 1. The Balaban J connectivity index is 1.25. The van der Waals surface area contributed by atoms with E-state index in [4.69, 9.17) is 19.2 Å². The predicted octanol–water partition coefficient (Wildman–Crippen LogP) is 5.14. The van der Waals surface area contributed by atoms with Gasteiger partial charge in [0.05, 0.1) is 11.1 Å². The zero-order valence-corrected chi connectivity index (χ0v) is 22.4. The first-order valence-electron chi connectivity index (χ1n) is 13.7. The number of hydrogen-bond acceptors (Lipinski definition) is 7. The van der Waals surface area contributed by atoms with Crippen molar-refractivity contribution in [2.45, 2.75) is 39.0 Å². The van der Waals surface area contributed by atoms with Gasteiger partial charge in [-0.15, -0.1) is 0 Å². The van der Waals surface area contributed by atoms with Crippen LogP contribution >= 0.6 is 0 Å². The molecule has 2 aliphatic rings. The highest BCUT2D eigenvalue weighted by Crippen LogP contribution is 2.33. The maximum Gasteiger partial charge on any atom is 0.340 e. The molecule has 0 fully saturated rings. The number of fused-ring (bicyclic) bond motifs is 3. The van der Waals surface area contributed by atoms with Gasteiger partial charge in [-0.25, -0.2) is 4.79 Å². The van der Waals surface area contributed by atoms with Crippen molar-refractivity contribution in [3.63, 3.8) is 0 Å². The van der Waals surface area contributed by atoms with Crippen LogP contribution in [0, 0.1) is 0 Å². The SMILES string of the molecule is CCC(OC(=O)c1c2c(nc3ccccc13)CCN(Cc1ccccc1)C2)C(=O)Nc1ccc2c(c1)OCCO2. The lowest BCUT2D eigenvalue weighted by molar-refractivity contribution is -0.124. The molecule has 1 amide bonds. The summed E-state index contributed by atoms with van der Waals surface area (Å²) in [6.45, 7) is 4.96. The van der Waals surface area contributed by atoms with E-state index in [2.05, 4.69) is 22.3 Å². The molecular weight excluding hydrogens is 506 g/mol. The van der Waals surface area contributed by atoms with Gasteiger partial charge in [0, 0.05) is 54.5 Å². The number of nitrogens with zero attached hydrogens (tertiary/aromatic N) is 2. The van der Waals surface area contributed by atoms with Gasteiger partial charge < -0.3 is 19.5 Å². The minimum atomic E-state index is -0.965. The molecule has 2 aliphatic heterocycles. The molecule has 1 unspecified atom stereocenters. The Morgan fingerprint density at radius 3 is 2.60 bits per heavy atom. The predicted molar refractivity (Wildman–Crippen MR) is 152 cm³/mol. The highest BCUT2D eigenvalue weighted by molar-refractivity contribution is 6.06. The average molecular weight is 538 g/mol. The van der Waals surface area contributed by atoms with Crippen LogP contribution in [0.15, 0.2) is 72.8 Å². The lowest BCUT2D eigenvalue weighted by atomic mass is 9.95. The van der Waals surface area contributed by atoms with Gasteiger partial charge in [-0.2, -0.15) is 0 Å². The molecular formula is C32H31N3O5. The molecule has 0 spiro atoms. The minimum absolute atomic E-state index is 0.327. The van der Waals surface area contributed by atoms with E-state index in [1.807, 2.05) is 49.4 Å². The molecule has 40 heavy (non-hydrogen) atoms. The summed E-state index contributed by atoms with van der Waals surface area (Å²) in [4.78, 5) is 34.2. The van der Waals surface area contributed by atoms with Gasteiger partial charge >= 0.3 is 5.97 Å². The first-order valence-corrected chi connectivity index (χ1v) is 13.7. The third kappa shape index (κ3) is 5.35. The van der Waals surface area contributed by atoms with Gasteiger partial charge in [-0.1, -0.05) is 55.5 Å². The quantitative estimate of drug-likeness (QED) is 0.327. The lowest BCUT2D eigenvalue weighted by Gasteiger charge is -2.30. The van der Waals surface area contributed by atoms with E-state index in [9.17, 15) is 9.59 Å². The first kappa shape index (κ1) is 25.8. The van der Waals surface area contributed by atoms with E-state index in [1.54, 1.807) is 18.2 Å². The fourth-order valence-corrected chi connectivity index (χ4v) is 5.31. The third-order valence-electron chi connectivity index (χ3n) is 7.30. The molecule has 3 aromatic carbocycles. The maximum atomic E-state index is 13.8. The Morgan fingerprint density at radius 2 is 1.77 bits per heavy atom. The summed E-state index contributed by atoms with van der Waals surface area (Å²) in [6.07, 6.45) is 0.0926. The molecule has 0 saturated carbocycles. The van der Waals surface area contributed by atoms with Crippen LogP contribution in [0.3, 0.4) is 0 Å². The summed E-state index contributed by atoms with van der Waals surface area (Å²) in [5.74, 6) is 0.299. The zero-order chi connectivity index (χ0) is 27.5. The fraction of sp³-hybridized carbons (Fsp3) is 0.281. The van der Waals surface area contributed by atoms with Gasteiger partial charge in [0.25, 0.3) is 5.91 Å². The van der Waals surface area contributed by atoms with E-state index < -0.39 is 18.0 Å². The summed E-state index contributed by atoms with van der Waals surface area (Å²) < 4.78 is 17.1. The Bertz CT molecular complexity index is 1560.